The number of hydrogen-bond donors (Lipinski definition) is 0. The van der Waals surface area contributed by atoms with Gasteiger partial charge in [-0.2, -0.15) is 0 Å². The molecule has 1 aromatic heterocycles. The number of rotatable bonds is 3. The van der Waals surface area contributed by atoms with Crippen LogP contribution in [0.1, 0.15) is 23.9 Å². The fraction of sp³-hybridized carbons (Fsp3) is 0.364. The Hall–Kier alpha value is -1.51. The first-order valence-corrected chi connectivity index (χ1v) is 4.42. The van der Waals surface area contributed by atoms with Gasteiger partial charge in [0.15, 0.2) is 0 Å². The van der Waals surface area contributed by atoms with Gasteiger partial charge in [-0.15, -0.1) is 0 Å². The van der Waals surface area contributed by atoms with Crippen molar-refractivity contribution in [3.63, 3.8) is 0 Å². The molecule has 0 aromatic carbocycles. The number of ether oxygens (including phenoxy) is 1. The van der Waals surface area contributed by atoms with Gasteiger partial charge < -0.3 is 9.26 Å². The molecule has 0 aliphatic carbocycles. The summed E-state index contributed by atoms with van der Waals surface area (Å²) in [6.07, 6.45) is 1.76. The summed E-state index contributed by atoms with van der Waals surface area (Å²) in [6, 6.07) is 0. The Morgan fingerprint density at radius 1 is 1.50 bits per heavy atom. The van der Waals surface area contributed by atoms with Crippen LogP contribution in [0.25, 0.3) is 5.57 Å². The summed E-state index contributed by atoms with van der Waals surface area (Å²) in [6.45, 7) is 9.43. The van der Waals surface area contributed by atoms with Gasteiger partial charge in [0.25, 0.3) is 0 Å². The largest absolute Gasteiger partial charge is 0.501 e. The highest BCUT2D eigenvalue weighted by Crippen LogP contribution is 2.26. The number of allylic oxidation sites excluding steroid dienone is 3. The average Bonchev–Trinajstić information content (AvgIpc) is 2.50. The molecular weight excluding hydrogens is 178 g/mol. The Labute approximate surface area is 84.1 Å². The van der Waals surface area contributed by atoms with Gasteiger partial charge in [-0.05, 0) is 20.8 Å². The molecule has 0 aliphatic rings. The van der Waals surface area contributed by atoms with Crippen LogP contribution in [-0.4, -0.2) is 12.3 Å². The third-order valence-corrected chi connectivity index (χ3v) is 2.19. The molecule has 0 unspecified atom stereocenters. The normalized spacial score (nSPS) is 12.3. The second kappa shape index (κ2) is 4.13. The molecule has 1 rings (SSSR count). The molecule has 0 atom stereocenters. The van der Waals surface area contributed by atoms with E-state index in [-0.39, 0.29) is 0 Å². The van der Waals surface area contributed by atoms with Crippen molar-refractivity contribution < 1.29 is 9.26 Å². The van der Waals surface area contributed by atoms with Crippen molar-refractivity contribution in [2.75, 3.05) is 7.11 Å². The summed E-state index contributed by atoms with van der Waals surface area (Å²) < 4.78 is 10.3. The lowest BCUT2D eigenvalue weighted by molar-refractivity contribution is 0.296. The zero-order chi connectivity index (χ0) is 10.7. The van der Waals surface area contributed by atoms with Crippen LogP contribution in [0.3, 0.4) is 0 Å². The van der Waals surface area contributed by atoms with Crippen LogP contribution < -0.4 is 0 Å². The molecule has 0 saturated heterocycles. The highest BCUT2D eigenvalue weighted by molar-refractivity contribution is 5.77. The van der Waals surface area contributed by atoms with Crippen molar-refractivity contribution in [2.45, 2.75) is 20.8 Å². The van der Waals surface area contributed by atoms with E-state index >= 15 is 0 Å². The van der Waals surface area contributed by atoms with E-state index in [4.69, 9.17) is 9.26 Å². The van der Waals surface area contributed by atoms with E-state index in [0.717, 1.165) is 28.3 Å². The molecule has 3 heteroatoms. The molecule has 1 aromatic rings. The van der Waals surface area contributed by atoms with E-state index in [1.807, 2.05) is 20.8 Å². The van der Waals surface area contributed by atoms with Gasteiger partial charge in [0.1, 0.15) is 11.5 Å². The monoisotopic (exact) mass is 193 g/mol. The quantitative estimate of drug-likeness (QED) is 0.547. The third kappa shape index (κ3) is 1.71. The highest BCUT2D eigenvalue weighted by Gasteiger charge is 2.14. The molecule has 0 aliphatic heterocycles. The summed E-state index contributed by atoms with van der Waals surface area (Å²) in [5.74, 6) is 1.60. The van der Waals surface area contributed by atoms with Gasteiger partial charge in [0, 0.05) is 5.57 Å². The molecule has 14 heavy (non-hydrogen) atoms. The van der Waals surface area contributed by atoms with Gasteiger partial charge in [-0.1, -0.05) is 17.8 Å². The predicted octanol–water partition coefficient (Wildman–Crippen LogP) is 2.85. The van der Waals surface area contributed by atoms with E-state index in [1.165, 1.54) is 0 Å². The maximum absolute atomic E-state index is 5.18. The Balaban J connectivity index is 3.33. The molecule has 3 nitrogen and oxygen atoms in total. The van der Waals surface area contributed by atoms with Crippen molar-refractivity contribution in [3.05, 3.63) is 35.4 Å². The standard InChI is InChI=1S/C11H15NO2/c1-6-10(8(3)13-5)11-7(2)12-14-9(11)4/h6H,1H2,2-5H3. The van der Waals surface area contributed by atoms with Crippen molar-refractivity contribution >= 4 is 5.57 Å². The SMILES string of the molecule is C=CC(=C(C)OC)c1c(C)noc1C. The lowest BCUT2D eigenvalue weighted by atomic mass is 10.0. The molecular formula is C11H15NO2. The minimum atomic E-state index is 0.786. The lowest BCUT2D eigenvalue weighted by Crippen LogP contribution is -1.91. The third-order valence-electron chi connectivity index (χ3n) is 2.19. The molecule has 0 amide bonds. The zero-order valence-electron chi connectivity index (χ0n) is 9.05. The maximum atomic E-state index is 5.18. The second-order valence-electron chi connectivity index (χ2n) is 3.08. The average molecular weight is 193 g/mol. The molecule has 0 radical (unpaired) electrons. The first-order chi connectivity index (χ1) is 6.61. The predicted molar refractivity (Wildman–Crippen MR) is 55.8 cm³/mol. The lowest BCUT2D eigenvalue weighted by Gasteiger charge is -2.06. The molecule has 0 bridgehead atoms. The van der Waals surface area contributed by atoms with Crippen LogP contribution in [0.15, 0.2) is 22.9 Å². The van der Waals surface area contributed by atoms with E-state index in [0.29, 0.717) is 0 Å². The molecule has 0 saturated carbocycles. The zero-order valence-corrected chi connectivity index (χ0v) is 9.05. The molecule has 1 heterocycles. The summed E-state index contributed by atoms with van der Waals surface area (Å²) in [5.41, 5.74) is 2.76. The maximum Gasteiger partial charge on any atom is 0.141 e. The number of nitrogens with zero attached hydrogens (tertiary/aromatic N) is 1. The Kier molecular flexibility index (Phi) is 3.12. The summed E-state index contributed by atoms with van der Waals surface area (Å²) in [4.78, 5) is 0. The van der Waals surface area contributed by atoms with Gasteiger partial charge in [0.05, 0.1) is 18.4 Å². The summed E-state index contributed by atoms with van der Waals surface area (Å²) >= 11 is 0. The van der Waals surface area contributed by atoms with Gasteiger partial charge in [-0.25, -0.2) is 0 Å². The van der Waals surface area contributed by atoms with Gasteiger partial charge >= 0.3 is 0 Å². The minimum Gasteiger partial charge on any atom is -0.501 e. The highest BCUT2D eigenvalue weighted by atomic mass is 16.5. The van der Waals surface area contributed by atoms with Crippen LogP contribution in [0.4, 0.5) is 0 Å². The van der Waals surface area contributed by atoms with E-state index in [9.17, 15) is 0 Å². The number of aromatic nitrogens is 1. The fourth-order valence-corrected chi connectivity index (χ4v) is 1.40. The summed E-state index contributed by atoms with van der Waals surface area (Å²) in [5, 5.41) is 3.89. The molecule has 0 fully saturated rings. The Bertz CT molecular complexity index is 355. The fourth-order valence-electron chi connectivity index (χ4n) is 1.40. The topological polar surface area (TPSA) is 35.3 Å². The van der Waals surface area contributed by atoms with Crippen LogP contribution in [0.5, 0.6) is 0 Å². The van der Waals surface area contributed by atoms with Gasteiger partial charge in [-0.3, -0.25) is 0 Å². The van der Waals surface area contributed by atoms with Crippen molar-refractivity contribution in [2.24, 2.45) is 0 Å². The molecule has 0 spiro atoms. The molecule has 76 valence electrons. The van der Waals surface area contributed by atoms with E-state index < -0.39 is 0 Å². The molecule has 0 N–H and O–H groups in total. The Morgan fingerprint density at radius 3 is 2.50 bits per heavy atom. The Morgan fingerprint density at radius 2 is 2.14 bits per heavy atom. The second-order valence-corrected chi connectivity index (χ2v) is 3.08. The number of aryl methyl sites for hydroxylation is 2. The number of hydrogen-bond acceptors (Lipinski definition) is 3. The van der Waals surface area contributed by atoms with Gasteiger partial charge in [0.2, 0.25) is 0 Å². The van der Waals surface area contributed by atoms with Crippen molar-refractivity contribution in [1.82, 2.24) is 5.16 Å². The van der Waals surface area contributed by atoms with Crippen LogP contribution in [0, 0.1) is 13.8 Å². The van der Waals surface area contributed by atoms with Crippen LogP contribution in [0.2, 0.25) is 0 Å². The van der Waals surface area contributed by atoms with Crippen LogP contribution >= 0.6 is 0 Å². The van der Waals surface area contributed by atoms with Crippen molar-refractivity contribution in [1.29, 1.82) is 0 Å². The smallest absolute Gasteiger partial charge is 0.141 e. The first kappa shape index (κ1) is 10.6. The van der Waals surface area contributed by atoms with Crippen LogP contribution in [-0.2, 0) is 4.74 Å². The van der Waals surface area contributed by atoms with Crippen molar-refractivity contribution in [3.8, 4) is 0 Å². The first-order valence-electron chi connectivity index (χ1n) is 4.42. The minimum absolute atomic E-state index is 0.786. The van der Waals surface area contributed by atoms with E-state index in [1.54, 1.807) is 13.2 Å². The summed E-state index contributed by atoms with van der Waals surface area (Å²) in [7, 11) is 1.64. The van der Waals surface area contributed by atoms with E-state index in [2.05, 4.69) is 11.7 Å². The number of methoxy groups -OCH3 is 1.